The van der Waals surface area contributed by atoms with Crippen LogP contribution in [0.25, 0.3) is 16.6 Å². The highest BCUT2D eigenvalue weighted by Crippen LogP contribution is 2.35. The summed E-state index contributed by atoms with van der Waals surface area (Å²) in [7, 11) is 0. The molecule has 38 heavy (non-hydrogen) atoms. The van der Waals surface area contributed by atoms with Crippen LogP contribution < -0.4 is 4.90 Å². The first-order valence-corrected chi connectivity index (χ1v) is 13.4. The largest absolute Gasteiger partial charge is 0.390 e. The number of carbonyl (C=O) groups is 1. The van der Waals surface area contributed by atoms with Gasteiger partial charge in [0.1, 0.15) is 11.5 Å². The monoisotopic (exact) mass is 511 g/mol. The van der Waals surface area contributed by atoms with Gasteiger partial charge in [0, 0.05) is 48.4 Å². The number of nitrogens with zero attached hydrogens (tertiary/aromatic N) is 6. The first-order chi connectivity index (χ1) is 18.3. The number of anilines is 1. The molecule has 0 saturated carbocycles. The predicted octanol–water partition coefficient (Wildman–Crippen LogP) is 4.13. The van der Waals surface area contributed by atoms with Crippen molar-refractivity contribution < 1.29 is 9.90 Å². The highest BCUT2D eigenvalue weighted by molar-refractivity contribution is 6.02. The molecule has 2 aliphatic rings. The molecule has 1 amide bonds. The summed E-state index contributed by atoms with van der Waals surface area (Å²) in [6.45, 7) is 9.68. The van der Waals surface area contributed by atoms with Crippen LogP contribution in [0.3, 0.4) is 0 Å². The number of aromatic amines is 1. The Morgan fingerprint density at radius 3 is 2.66 bits per heavy atom. The predicted molar refractivity (Wildman–Crippen MR) is 145 cm³/mol. The average Bonchev–Trinajstić information content (AvgIpc) is 3.60. The third-order valence-electron chi connectivity index (χ3n) is 8.32. The van der Waals surface area contributed by atoms with Crippen molar-refractivity contribution in [1.82, 2.24) is 24.5 Å². The molecule has 9 nitrogen and oxygen atoms in total. The SMILES string of the molecule is Cc1cn2nc([C@@H]3CCCCN3C(=O)c3[nH]c4c(C)ccc(C)c4c3C)cc2nc1N1C[C@@H](C#N)[C@@H](O)C1. The zero-order chi connectivity index (χ0) is 26.7. The lowest BCUT2D eigenvalue weighted by molar-refractivity contribution is 0.0600. The Morgan fingerprint density at radius 1 is 1.13 bits per heavy atom. The van der Waals surface area contributed by atoms with E-state index in [1.54, 1.807) is 4.52 Å². The maximum absolute atomic E-state index is 14.0. The average molecular weight is 512 g/mol. The van der Waals surface area contributed by atoms with Crippen molar-refractivity contribution in [2.24, 2.45) is 5.92 Å². The van der Waals surface area contributed by atoms with Crippen LogP contribution in [0, 0.1) is 44.9 Å². The zero-order valence-electron chi connectivity index (χ0n) is 22.3. The number of likely N-dealkylation sites (tertiary alicyclic amines) is 1. The number of aromatic nitrogens is 4. The topological polar surface area (TPSA) is 114 Å². The van der Waals surface area contributed by atoms with Gasteiger partial charge in [-0.3, -0.25) is 4.79 Å². The fraction of sp³-hybridized carbons (Fsp3) is 0.448. The third kappa shape index (κ3) is 3.82. The molecule has 2 N–H and O–H groups in total. The minimum absolute atomic E-state index is 0.0117. The first-order valence-electron chi connectivity index (χ1n) is 13.4. The number of hydrogen-bond acceptors (Lipinski definition) is 6. The molecule has 4 aromatic rings. The van der Waals surface area contributed by atoms with Gasteiger partial charge in [0.05, 0.1) is 29.8 Å². The Hall–Kier alpha value is -3.90. The van der Waals surface area contributed by atoms with Gasteiger partial charge in [-0.2, -0.15) is 10.4 Å². The molecule has 2 saturated heterocycles. The lowest BCUT2D eigenvalue weighted by atomic mass is 9.98. The van der Waals surface area contributed by atoms with E-state index in [-0.39, 0.29) is 11.9 Å². The summed E-state index contributed by atoms with van der Waals surface area (Å²) >= 11 is 0. The van der Waals surface area contributed by atoms with Crippen molar-refractivity contribution in [2.45, 2.75) is 59.1 Å². The molecular formula is C29H33N7O2. The van der Waals surface area contributed by atoms with Crippen molar-refractivity contribution in [3.8, 4) is 6.07 Å². The fourth-order valence-electron chi connectivity index (χ4n) is 6.23. The van der Waals surface area contributed by atoms with E-state index in [9.17, 15) is 15.2 Å². The molecule has 9 heteroatoms. The lowest BCUT2D eigenvalue weighted by Crippen LogP contribution is -2.39. The van der Waals surface area contributed by atoms with Crippen LogP contribution in [-0.4, -0.2) is 61.2 Å². The van der Waals surface area contributed by atoms with Gasteiger partial charge in [-0.15, -0.1) is 0 Å². The van der Waals surface area contributed by atoms with E-state index in [2.05, 4.69) is 37.0 Å². The standard InChI is InChI=1S/C29H33N7O2/c1-16-8-9-17(2)26-25(16)19(4)27(32-26)29(38)35-10-6-5-7-22(35)21-11-24-31-28(18(3)13-36(24)33-21)34-14-20(12-30)23(37)15-34/h8-9,11,13,20,22-23,32,37H,5-7,10,14-15H2,1-4H3/t20-,22+,23+/m1/s1. The number of β-amino-alcohol motifs (C(OH)–C–C–N with tert-alkyl or cyclic N) is 1. The molecular weight excluding hydrogens is 478 g/mol. The number of aliphatic hydroxyl groups excluding tert-OH is 1. The number of rotatable bonds is 3. The molecule has 3 aromatic heterocycles. The Balaban J connectivity index is 1.35. The van der Waals surface area contributed by atoms with Crippen molar-refractivity contribution in [3.63, 3.8) is 0 Å². The van der Waals surface area contributed by atoms with Gasteiger partial charge in [-0.25, -0.2) is 9.50 Å². The minimum Gasteiger partial charge on any atom is -0.390 e. The molecule has 0 aliphatic carbocycles. The number of hydrogen-bond donors (Lipinski definition) is 2. The number of fused-ring (bicyclic) bond motifs is 2. The molecule has 3 atom stereocenters. The summed E-state index contributed by atoms with van der Waals surface area (Å²) in [5, 5.41) is 25.5. The van der Waals surface area contributed by atoms with Gasteiger partial charge in [0.25, 0.3) is 5.91 Å². The smallest absolute Gasteiger partial charge is 0.271 e. The van der Waals surface area contributed by atoms with E-state index in [0.717, 1.165) is 63.9 Å². The van der Waals surface area contributed by atoms with Crippen molar-refractivity contribution in [1.29, 1.82) is 5.26 Å². The second-order valence-corrected chi connectivity index (χ2v) is 10.9. The molecule has 5 heterocycles. The fourth-order valence-corrected chi connectivity index (χ4v) is 6.23. The summed E-state index contributed by atoms with van der Waals surface area (Å²) < 4.78 is 1.78. The van der Waals surface area contributed by atoms with Crippen LogP contribution in [0.15, 0.2) is 24.4 Å². The van der Waals surface area contributed by atoms with Gasteiger partial charge in [-0.05, 0) is 63.6 Å². The number of amides is 1. The lowest BCUT2D eigenvalue weighted by Gasteiger charge is -2.34. The van der Waals surface area contributed by atoms with Gasteiger partial charge >= 0.3 is 0 Å². The van der Waals surface area contributed by atoms with E-state index in [1.165, 1.54) is 0 Å². The Labute approximate surface area is 221 Å². The number of piperidine rings is 1. The Bertz CT molecular complexity index is 1610. The highest BCUT2D eigenvalue weighted by atomic mass is 16.3. The summed E-state index contributed by atoms with van der Waals surface area (Å²) in [6.07, 6.45) is 4.11. The maximum atomic E-state index is 14.0. The van der Waals surface area contributed by atoms with Crippen molar-refractivity contribution in [2.75, 3.05) is 24.5 Å². The van der Waals surface area contributed by atoms with E-state index < -0.39 is 12.0 Å². The van der Waals surface area contributed by atoms with Gasteiger partial charge in [0.15, 0.2) is 5.65 Å². The number of nitrogens with one attached hydrogen (secondary N) is 1. The quantitative estimate of drug-likeness (QED) is 0.428. The molecule has 6 rings (SSSR count). The number of aryl methyl sites for hydroxylation is 4. The third-order valence-corrected chi connectivity index (χ3v) is 8.32. The number of benzene rings is 1. The highest BCUT2D eigenvalue weighted by Gasteiger charge is 2.34. The van der Waals surface area contributed by atoms with E-state index in [1.807, 2.05) is 35.9 Å². The molecule has 0 spiro atoms. The molecule has 0 bridgehead atoms. The Kier molecular flexibility index (Phi) is 5.88. The number of carbonyl (C=O) groups excluding carboxylic acids is 1. The normalized spacial score (nSPS) is 21.9. The van der Waals surface area contributed by atoms with Gasteiger partial charge in [0.2, 0.25) is 0 Å². The van der Waals surface area contributed by atoms with E-state index in [0.29, 0.717) is 31.0 Å². The summed E-state index contributed by atoms with van der Waals surface area (Å²) in [5.74, 6) is 0.352. The molecule has 2 aliphatic heterocycles. The van der Waals surface area contributed by atoms with Gasteiger partial charge in [-0.1, -0.05) is 12.1 Å². The van der Waals surface area contributed by atoms with Crippen molar-refractivity contribution in [3.05, 3.63) is 58.0 Å². The molecule has 2 fully saturated rings. The van der Waals surface area contributed by atoms with E-state index >= 15 is 0 Å². The second kappa shape index (κ2) is 9.14. The minimum atomic E-state index is -0.680. The van der Waals surface area contributed by atoms with Crippen molar-refractivity contribution >= 4 is 28.3 Å². The maximum Gasteiger partial charge on any atom is 0.271 e. The first kappa shape index (κ1) is 24.4. The molecule has 0 unspecified atom stereocenters. The summed E-state index contributed by atoms with van der Waals surface area (Å²) in [5.41, 5.74) is 7.44. The van der Waals surface area contributed by atoms with Crippen LogP contribution in [0.2, 0.25) is 0 Å². The molecule has 1 aromatic carbocycles. The van der Waals surface area contributed by atoms with Crippen LogP contribution in [0.4, 0.5) is 5.82 Å². The van der Waals surface area contributed by atoms with Crippen LogP contribution in [0.1, 0.15) is 63.7 Å². The number of H-pyrrole nitrogens is 1. The molecule has 196 valence electrons. The zero-order valence-corrected chi connectivity index (χ0v) is 22.3. The summed E-state index contributed by atoms with van der Waals surface area (Å²) in [6, 6.07) is 8.23. The van der Waals surface area contributed by atoms with Crippen LogP contribution >= 0.6 is 0 Å². The molecule has 0 radical (unpaired) electrons. The van der Waals surface area contributed by atoms with E-state index in [4.69, 9.17) is 10.1 Å². The summed E-state index contributed by atoms with van der Waals surface area (Å²) in [4.78, 5) is 26.2. The number of nitriles is 1. The Morgan fingerprint density at radius 2 is 1.92 bits per heavy atom. The van der Waals surface area contributed by atoms with Gasteiger partial charge < -0.3 is 19.9 Å². The second-order valence-electron chi connectivity index (χ2n) is 10.9. The van der Waals surface area contributed by atoms with Crippen LogP contribution in [-0.2, 0) is 0 Å². The number of aliphatic hydroxyl groups is 1. The van der Waals surface area contributed by atoms with Crippen LogP contribution in [0.5, 0.6) is 0 Å².